The summed E-state index contributed by atoms with van der Waals surface area (Å²) in [6.07, 6.45) is 3.04. The molecule has 1 amide bonds. The molecular formula is C10H18N4OS2. The number of carbonyl (C=O) groups is 1. The summed E-state index contributed by atoms with van der Waals surface area (Å²) in [6.45, 7) is 5.64. The van der Waals surface area contributed by atoms with Crippen molar-refractivity contribution in [2.45, 2.75) is 25.5 Å². The third kappa shape index (κ3) is 4.91. The van der Waals surface area contributed by atoms with E-state index in [9.17, 15) is 4.79 Å². The number of amides is 1. The molecule has 0 saturated heterocycles. The molecular weight excluding hydrogens is 256 g/mol. The molecule has 1 aromatic heterocycles. The molecule has 1 unspecified atom stereocenters. The van der Waals surface area contributed by atoms with Crippen molar-refractivity contribution >= 4 is 34.1 Å². The minimum atomic E-state index is -0.145. The van der Waals surface area contributed by atoms with Gasteiger partial charge in [0.15, 0.2) is 0 Å². The van der Waals surface area contributed by atoms with Crippen LogP contribution in [0.3, 0.4) is 0 Å². The molecule has 0 aliphatic carbocycles. The van der Waals surface area contributed by atoms with E-state index >= 15 is 0 Å². The van der Waals surface area contributed by atoms with Crippen molar-refractivity contribution in [1.29, 1.82) is 0 Å². The second kappa shape index (κ2) is 7.50. The van der Waals surface area contributed by atoms with Crippen LogP contribution in [0.25, 0.3) is 0 Å². The first kappa shape index (κ1) is 14.2. The smallest absolute Gasteiger partial charge is 0.282 e. The molecule has 0 spiro atoms. The van der Waals surface area contributed by atoms with Gasteiger partial charge in [-0.2, -0.15) is 11.8 Å². The third-order valence-corrected chi connectivity index (χ3v) is 3.95. The SMILES string of the molecule is CCCNc1nnc(C(=O)NCC(C)SC)s1. The van der Waals surface area contributed by atoms with Crippen LogP contribution in [0.4, 0.5) is 5.13 Å². The first-order valence-electron chi connectivity index (χ1n) is 5.55. The van der Waals surface area contributed by atoms with Crippen LogP contribution < -0.4 is 10.6 Å². The Bertz CT molecular complexity index is 356. The number of hydrogen-bond donors (Lipinski definition) is 2. The quantitative estimate of drug-likeness (QED) is 0.794. The number of carbonyl (C=O) groups excluding carboxylic acids is 1. The van der Waals surface area contributed by atoms with Gasteiger partial charge in [0.25, 0.3) is 5.91 Å². The number of rotatable bonds is 7. The molecule has 17 heavy (non-hydrogen) atoms. The highest BCUT2D eigenvalue weighted by molar-refractivity contribution is 7.99. The van der Waals surface area contributed by atoms with Gasteiger partial charge < -0.3 is 10.6 Å². The van der Waals surface area contributed by atoms with E-state index in [0.29, 0.717) is 21.9 Å². The number of aromatic nitrogens is 2. The fourth-order valence-electron chi connectivity index (χ4n) is 1.01. The highest BCUT2D eigenvalue weighted by Crippen LogP contribution is 2.15. The van der Waals surface area contributed by atoms with Gasteiger partial charge in [-0.15, -0.1) is 10.2 Å². The monoisotopic (exact) mass is 274 g/mol. The second-order valence-electron chi connectivity index (χ2n) is 3.60. The van der Waals surface area contributed by atoms with Gasteiger partial charge in [-0.05, 0) is 12.7 Å². The number of thioether (sulfide) groups is 1. The largest absolute Gasteiger partial charge is 0.360 e. The molecule has 1 aromatic rings. The van der Waals surface area contributed by atoms with Crippen LogP contribution in [0.5, 0.6) is 0 Å². The first-order valence-corrected chi connectivity index (χ1v) is 7.66. The zero-order valence-electron chi connectivity index (χ0n) is 10.3. The molecule has 0 fully saturated rings. The van der Waals surface area contributed by atoms with Gasteiger partial charge in [-0.1, -0.05) is 25.2 Å². The number of hydrogen-bond acceptors (Lipinski definition) is 6. The average molecular weight is 274 g/mol. The maximum atomic E-state index is 11.7. The van der Waals surface area contributed by atoms with E-state index in [-0.39, 0.29) is 5.91 Å². The standard InChI is InChI=1S/C10H18N4OS2/c1-4-5-11-10-14-13-9(17-10)8(15)12-6-7(2)16-3/h7H,4-6H2,1-3H3,(H,11,14)(H,12,15). The summed E-state index contributed by atoms with van der Waals surface area (Å²) in [5.41, 5.74) is 0. The number of anilines is 1. The highest BCUT2D eigenvalue weighted by Gasteiger charge is 2.12. The fraction of sp³-hybridized carbons (Fsp3) is 0.700. The minimum Gasteiger partial charge on any atom is -0.360 e. The molecule has 0 aromatic carbocycles. The highest BCUT2D eigenvalue weighted by atomic mass is 32.2. The Kier molecular flexibility index (Phi) is 6.28. The van der Waals surface area contributed by atoms with Gasteiger partial charge in [-0.25, -0.2) is 0 Å². The maximum absolute atomic E-state index is 11.7. The van der Waals surface area contributed by atoms with Crippen molar-refractivity contribution < 1.29 is 4.79 Å². The van der Waals surface area contributed by atoms with Crippen LogP contribution in [0.1, 0.15) is 30.1 Å². The predicted molar refractivity (Wildman–Crippen MR) is 74.0 cm³/mol. The Morgan fingerprint density at radius 2 is 2.29 bits per heavy atom. The van der Waals surface area contributed by atoms with Crippen LogP contribution in [0.15, 0.2) is 0 Å². The van der Waals surface area contributed by atoms with Gasteiger partial charge in [0.1, 0.15) is 0 Å². The molecule has 0 radical (unpaired) electrons. The van der Waals surface area contributed by atoms with E-state index in [1.54, 1.807) is 11.8 Å². The summed E-state index contributed by atoms with van der Waals surface area (Å²) < 4.78 is 0. The van der Waals surface area contributed by atoms with Crippen LogP contribution >= 0.6 is 23.1 Å². The maximum Gasteiger partial charge on any atom is 0.282 e. The van der Waals surface area contributed by atoms with Gasteiger partial charge >= 0.3 is 0 Å². The molecule has 0 aliphatic rings. The van der Waals surface area contributed by atoms with Gasteiger partial charge in [0.2, 0.25) is 10.1 Å². The third-order valence-electron chi connectivity index (χ3n) is 2.10. The van der Waals surface area contributed by atoms with Crippen molar-refractivity contribution in [2.24, 2.45) is 0 Å². The lowest BCUT2D eigenvalue weighted by Crippen LogP contribution is -2.29. The van der Waals surface area contributed by atoms with Crippen LogP contribution in [-0.2, 0) is 0 Å². The molecule has 96 valence electrons. The van der Waals surface area contributed by atoms with Crippen molar-refractivity contribution in [1.82, 2.24) is 15.5 Å². The molecule has 5 nitrogen and oxygen atoms in total. The van der Waals surface area contributed by atoms with Gasteiger partial charge in [-0.3, -0.25) is 4.79 Å². The van der Waals surface area contributed by atoms with E-state index in [2.05, 4.69) is 34.7 Å². The molecule has 0 saturated carbocycles. The molecule has 2 N–H and O–H groups in total. The van der Waals surface area contributed by atoms with E-state index < -0.39 is 0 Å². The van der Waals surface area contributed by atoms with Gasteiger partial charge in [0, 0.05) is 18.3 Å². The molecule has 1 rings (SSSR count). The van der Waals surface area contributed by atoms with Crippen molar-refractivity contribution in [3.05, 3.63) is 5.01 Å². The van der Waals surface area contributed by atoms with Crippen LogP contribution in [-0.4, -0.2) is 40.7 Å². The summed E-state index contributed by atoms with van der Waals surface area (Å²) >= 11 is 3.01. The van der Waals surface area contributed by atoms with Crippen LogP contribution in [0.2, 0.25) is 0 Å². The van der Waals surface area contributed by atoms with Gasteiger partial charge in [0.05, 0.1) is 0 Å². The lowest BCUT2D eigenvalue weighted by molar-refractivity contribution is 0.0953. The Balaban J connectivity index is 2.43. The van der Waals surface area contributed by atoms with E-state index in [0.717, 1.165) is 13.0 Å². The molecule has 7 heteroatoms. The second-order valence-corrected chi connectivity index (χ2v) is 5.85. The molecule has 0 aliphatic heterocycles. The van der Waals surface area contributed by atoms with E-state index in [1.807, 2.05) is 6.26 Å². The summed E-state index contributed by atoms with van der Waals surface area (Å²) in [6, 6.07) is 0. The Morgan fingerprint density at radius 3 is 2.94 bits per heavy atom. The van der Waals surface area contributed by atoms with E-state index in [4.69, 9.17) is 0 Å². The van der Waals surface area contributed by atoms with Crippen molar-refractivity contribution in [3.63, 3.8) is 0 Å². The normalized spacial score (nSPS) is 12.2. The first-order chi connectivity index (χ1) is 8.17. The Labute approximate surface area is 110 Å². The summed E-state index contributed by atoms with van der Waals surface area (Å²) in [4.78, 5) is 11.7. The molecule has 1 heterocycles. The Morgan fingerprint density at radius 1 is 1.53 bits per heavy atom. The summed E-state index contributed by atoms with van der Waals surface area (Å²) in [5, 5.41) is 15.2. The molecule has 0 bridgehead atoms. The van der Waals surface area contributed by atoms with Crippen molar-refractivity contribution in [3.8, 4) is 0 Å². The Hall–Kier alpha value is -0.820. The lowest BCUT2D eigenvalue weighted by Gasteiger charge is -2.07. The average Bonchev–Trinajstić information content (AvgIpc) is 2.81. The zero-order valence-corrected chi connectivity index (χ0v) is 12.0. The summed E-state index contributed by atoms with van der Waals surface area (Å²) in [7, 11) is 0. The fourth-order valence-corrected chi connectivity index (χ4v) is 1.95. The number of nitrogens with one attached hydrogen (secondary N) is 2. The predicted octanol–water partition coefficient (Wildman–Crippen LogP) is 1.84. The van der Waals surface area contributed by atoms with E-state index in [1.165, 1.54) is 11.3 Å². The van der Waals surface area contributed by atoms with Crippen molar-refractivity contribution in [2.75, 3.05) is 24.7 Å². The van der Waals surface area contributed by atoms with Crippen LogP contribution in [0, 0.1) is 0 Å². The summed E-state index contributed by atoms with van der Waals surface area (Å²) in [5.74, 6) is -0.145. The molecule has 1 atom stereocenters. The topological polar surface area (TPSA) is 66.9 Å². The number of nitrogens with zero attached hydrogens (tertiary/aromatic N) is 2. The zero-order chi connectivity index (χ0) is 12.7. The minimum absolute atomic E-state index is 0.145. The lowest BCUT2D eigenvalue weighted by atomic mass is 10.4.